The zero-order valence-corrected chi connectivity index (χ0v) is 79.1. The molecule has 5 aliphatic carbocycles. The monoisotopic (exact) mass is 2060 g/mol. The molecule has 0 aliphatic heterocycles. The van der Waals surface area contributed by atoms with Crippen LogP contribution in [-0.4, -0.2) is 86.8 Å². The second-order valence-electron chi connectivity index (χ2n) is 27.3. The fourth-order valence-corrected chi connectivity index (χ4v) is 11.3. The number of aldehydes is 2. The molecule has 0 aromatic heterocycles. The van der Waals surface area contributed by atoms with Crippen LogP contribution in [0.3, 0.4) is 0 Å². The van der Waals surface area contributed by atoms with Gasteiger partial charge in [0.15, 0.2) is 0 Å². The molecule has 15 heteroatoms. The quantitative estimate of drug-likeness (QED) is 0.0629. The van der Waals surface area contributed by atoms with Crippen LogP contribution in [-0.2, 0) is 118 Å². The number of aliphatic hydroxyl groups is 4. The number of carbonyl (C=O) groups is 7. The van der Waals surface area contributed by atoms with Crippen molar-refractivity contribution in [1.82, 2.24) is 0 Å². The average Bonchev–Trinajstić information content (AvgIpc) is 0.884. The van der Waals surface area contributed by atoms with E-state index in [1.807, 2.05) is 48.5 Å². The summed E-state index contributed by atoms with van der Waals surface area (Å²) in [5.41, 5.74) is 0. The van der Waals surface area contributed by atoms with Crippen LogP contribution in [0.5, 0.6) is 0 Å². The maximum absolute atomic E-state index is 12.3. The van der Waals surface area contributed by atoms with E-state index in [1.54, 1.807) is 6.92 Å². The average molecular weight is 2060 g/mol. The summed E-state index contributed by atoms with van der Waals surface area (Å²) in [7, 11) is 0. The first-order valence-corrected chi connectivity index (χ1v) is 39.0. The van der Waals surface area contributed by atoms with E-state index in [4.69, 9.17) is 20.4 Å². The fourth-order valence-electron chi connectivity index (χ4n) is 11.3. The molecule has 0 bridgehead atoms. The van der Waals surface area contributed by atoms with Gasteiger partial charge < -0.3 is 53.5 Å². The molecule has 4 N–H and O–H groups in total. The Kier molecular flexibility index (Phi) is 109. The van der Waals surface area contributed by atoms with Crippen LogP contribution in [0.15, 0.2) is 0 Å². The molecule has 0 heterocycles. The molecule has 5 saturated carbocycles. The van der Waals surface area contributed by atoms with E-state index in [0.29, 0.717) is 77.3 Å². The van der Waals surface area contributed by atoms with E-state index in [9.17, 15) is 33.6 Å². The van der Waals surface area contributed by atoms with Crippen LogP contribution in [0.1, 0.15) is 371 Å². The van der Waals surface area contributed by atoms with Gasteiger partial charge in [-0.2, -0.15) is 0 Å². The number of hydrogen-bond donors (Lipinski definition) is 4. The summed E-state index contributed by atoms with van der Waals surface area (Å²) < 4.78 is 0. The Balaban J connectivity index is -0.0000000953. The van der Waals surface area contributed by atoms with Crippen molar-refractivity contribution in [3.05, 3.63) is 13.8 Å². The fraction of sp³-hybridized carbons (Fsp3) is 0.890. The van der Waals surface area contributed by atoms with Gasteiger partial charge in [0.2, 0.25) is 0 Å². The predicted molar refractivity (Wildman–Crippen MR) is 400 cm³/mol. The first-order chi connectivity index (χ1) is 44.1. The van der Waals surface area contributed by atoms with E-state index in [0.717, 1.165) is 173 Å². The van der Waals surface area contributed by atoms with Crippen LogP contribution in [0.4, 0.5) is 0 Å². The Morgan fingerprint density at radius 3 is 0.773 bits per heavy atom. The number of aliphatic hydroxyl groups excluding tert-OH is 4. The molecule has 0 amide bonds. The van der Waals surface area contributed by atoms with E-state index < -0.39 is 0 Å². The number of ketones is 5. The molecule has 5 aliphatic rings. The second kappa shape index (κ2) is 86.9. The Morgan fingerprint density at radius 1 is 0.361 bits per heavy atom. The zero-order valence-electron chi connectivity index (χ0n) is 67.3. The van der Waals surface area contributed by atoms with Crippen LogP contribution >= 0.6 is 0 Å². The molecule has 0 spiro atoms. The van der Waals surface area contributed by atoms with Crippen molar-refractivity contribution in [2.75, 3.05) is 6.61 Å². The smallest absolute Gasteiger partial charge is 0.139 e. The molecule has 11 nitrogen and oxygen atoms in total. The Labute approximate surface area is 660 Å². The second-order valence-corrected chi connectivity index (χ2v) is 27.3. The summed E-state index contributed by atoms with van der Waals surface area (Å²) in [4.78, 5) is 77.0. The number of hydrogen-bond acceptors (Lipinski definition) is 11. The summed E-state index contributed by atoms with van der Waals surface area (Å²) in [6, 6.07) is 0. The molecule has 0 aromatic rings. The Hall–Kier alpha value is 0.283. The molecule has 0 aromatic carbocycles. The van der Waals surface area contributed by atoms with Crippen molar-refractivity contribution in [2.24, 2.45) is 76.9 Å². The molecule has 0 radical (unpaired) electrons. The van der Waals surface area contributed by atoms with Crippen molar-refractivity contribution in [1.29, 1.82) is 0 Å². The molecular formula is C82H162O11W4-2. The van der Waals surface area contributed by atoms with E-state index in [1.165, 1.54) is 51.4 Å². The minimum atomic E-state index is -0.0695. The maximum atomic E-state index is 12.3. The molecule has 0 saturated heterocycles. The summed E-state index contributed by atoms with van der Waals surface area (Å²) in [5.74, 6) is 6.96. The minimum Gasteiger partial charge on any atom is -0.397 e. The van der Waals surface area contributed by atoms with Crippen molar-refractivity contribution in [3.63, 3.8) is 0 Å². The molecule has 5 fully saturated rings. The SMILES string of the molecule is CCC.CCC(C)CC.CCC(C)CC(O)CC.CCC(C)CC(O)CC.CCC(O)CC.CCC1CCCC(CC)C1=O.CCC1CCCC(CC)C1=O.CCC=O.CCC=O.CCO.[CH2-]C1CCCC(C)C1=O.[CH2-]C1CCCC(CC2CCCC(CC)C2=O)C1=O.[W].[W].[W].[W]. The van der Waals surface area contributed by atoms with Gasteiger partial charge in [-0.05, 0) is 153 Å². The van der Waals surface area contributed by atoms with Crippen molar-refractivity contribution in [2.45, 2.75) is 389 Å². The van der Waals surface area contributed by atoms with Gasteiger partial charge in [0.05, 0.1) is 18.3 Å². The van der Waals surface area contributed by atoms with Gasteiger partial charge in [-0.3, -0.25) is 14.4 Å². The first-order valence-electron chi connectivity index (χ1n) is 39.0. The van der Waals surface area contributed by atoms with Gasteiger partial charge in [0.25, 0.3) is 0 Å². The predicted octanol–water partition coefficient (Wildman–Crippen LogP) is 21.6. The topological polar surface area (TPSA) is 200 Å². The summed E-state index contributed by atoms with van der Waals surface area (Å²) in [5, 5.41) is 34.6. The van der Waals surface area contributed by atoms with Crippen LogP contribution in [0, 0.1) is 90.8 Å². The third kappa shape index (κ3) is 70.4. The van der Waals surface area contributed by atoms with Gasteiger partial charge in [0, 0.05) is 151 Å². The minimum absolute atomic E-state index is 0. The van der Waals surface area contributed by atoms with Crippen molar-refractivity contribution < 1.29 is 138 Å². The third-order valence-corrected chi connectivity index (χ3v) is 19.1. The van der Waals surface area contributed by atoms with Gasteiger partial charge >= 0.3 is 0 Å². The number of Topliss-reactive ketones (excluding diaryl/α,β-unsaturated/α-hetero) is 5. The van der Waals surface area contributed by atoms with E-state index >= 15 is 0 Å². The van der Waals surface area contributed by atoms with Crippen molar-refractivity contribution >= 4 is 41.5 Å². The maximum Gasteiger partial charge on any atom is 0.139 e. The van der Waals surface area contributed by atoms with Crippen molar-refractivity contribution in [3.8, 4) is 0 Å². The third-order valence-electron chi connectivity index (χ3n) is 19.1. The first kappa shape index (κ1) is 121. The summed E-state index contributed by atoms with van der Waals surface area (Å²) >= 11 is 0. The summed E-state index contributed by atoms with van der Waals surface area (Å²) in [6.07, 6.45) is 37.2. The largest absolute Gasteiger partial charge is 0.397 e. The van der Waals surface area contributed by atoms with Gasteiger partial charge in [0.1, 0.15) is 41.5 Å². The van der Waals surface area contributed by atoms with Gasteiger partial charge in [-0.1, -0.05) is 222 Å². The Morgan fingerprint density at radius 2 is 0.577 bits per heavy atom. The molecule has 582 valence electrons. The zero-order chi connectivity index (χ0) is 73.3. The normalized spacial score (nSPS) is 23.1. The van der Waals surface area contributed by atoms with E-state index in [2.05, 4.69) is 111 Å². The van der Waals surface area contributed by atoms with Crippen LogP contribution < -0.4 is 0 Å². The standard InChI is InChI=1S/C16H25O2.2C10H18O.C8H13O.2C8H18O.C6H14.C5H12O.2C3H6O.C3H8.C2H6O.4W/c1-3-12-7-5-9-14(16(12)18)10-13-8-4-6-11(2)15(13)17;2*1-3-8-6-5-7-9(4-2)10(8)11;1-6-4-3-5-7(2)8(6)9;2*1-4-7(3)6-8(9)5-2;1-4-6(3)5-2;1-3-5(6)4-2;2*1-2-3-4;1-3-2;1-2-3;;;;/h11-14H,2-10H2,1H3;2*8-9H,3-7H2,1-2H3;6-7H,1,3-5H2,2H3;2*7-9H,4-6H2,1-3H3;6H,4-5H2,1-3H3;5-6H,3-4H2,1-2H3;2*3H,2H2,1H3;3H2,1-2H3;3H,2H2,1H3;;;;/q-1;;;-1;;;;;;;;;;;;. The van der Waals surface area contributed by atoms with E-state index in [-0.39, 0.29) is 145 Å². The molecule has 14 unspecified atom stereocenters. The van der Waals surface area contributed by atoms with Crippen LogP contribution in [0.2, 0.25) is 0 Å². The molecular weight excluding hydrogens is 1900 g/mol. The summed E-state index contributed by atoms with van der Waals surface area (Å²) in [6.45, 7) is 53.5. The number of carbonyl (C=O) groups excluding carboxylic acids is 7. The molecule has 14 atom stereocenters. The molecule has 97 heavy (non-hydrogen) atoms. The Bertz CT molecular complexity index is 1550. The van der Waals surface area contributed by atoms with Crippen LogP contribution in [0.25, 0.3) is 0 Å². The van der Waals surface area contributed by atoms with Gasteiger partial charge in [-0.25, -0.2) is 0 Å². The molecule has 5 rings (SSSR count). The number of rotatable bonds is 21. The van der Waals surface area contributed by atoms with Gasteiger partial charge in [-0.15, -0.1) is 11.8 Å².